The van der Waals surface area contributed by atoms with E-state index in [4.69, 9.17) is 4.74 Å². The summed E-state index contributed by atoms with van der Waals surface area (Å²) in [5, 5.41) is 0. The molecule has 0 rings (SSSR count). The molecule has 0 heterocycles. The van der Waals surface area contributed by atoms with Crippen LogP contribution < -0.4 is 24.0 Å². The van der Waals surface area contributed by atoms with Crippen molar-refractivity contribution >= 4 is 13.2 Å². The lowest BCUT2D eigenvalue weighted by molar-refractivity contribution is -0.137. The third kappa shape index (κ3) is 20.7. The van der Waals surface area contributed by atoms with Crippen molar-refractivity contribution in [3.63, 3.8) is 0 Å². The zero-order chi connectivity index (χ0) is 22.3. The average molecular weight is 569 g/mol. The molecule has 0 amide bonds. The van der Waals surface area contributed by atoms with Crippen molar-refractivity contribution in [1.82, 2.24) is 0 Å². The molecule has 0 unspecified atom stereocenters. The van der Waals surface area contributed by atoms with Crippen LogP contribution in [-0.4, -0.2) is 37.2 Å². The first-order valence-corrected chi connectivity index (χ1v) is 15.8. The Morgan fingerprint density at radius 1 is 0.677 bits per heavy atom. The van der Waals surface area contributed by atoms with Crippen molar-refractivity contribution < 1.29 is 33.5 Å². The summed E-state index contributed by atoms with van der Waals surface area (Å²) < 4.78 is 5.25. The van der Waals surface area contributed by atoms with Crippen LogP contribution in [0.5, 0.6) is 0 Å². The molecule has 0 spiro atoms. The van der Waals surface area contributed by atoms with Crippen molar-refractivity contribution in [2.45, 2.75) is 124 Å². The Morgan fingerprint density at radius 2 is 1.06 bits per heavy atom. The minimum atomic E-state index is -0.924. The average Bonchev–Trinajstić information content (AvgIpc) is 2.77. The van der Waals surface area contributed by atoms with Gasteiger partial charge in [-0.25, -0.2) is 4.79 Å². The van der Waals surface area contributed by atoms with Gasteiger partial charge in [-0.05, 0) is 26.7 Å². The van der Waals surface area contributed by atoms with Gasteiger partial charge in [0.1, 0.15) is 6.61 Å². The molecule has 186 valence electrons. The second-order valence-corrected chi connectivity index (χ2v) is 13.9. The standard InChI is InChI=1S/C27H54O2P.HI/c1-5-9-10-11-12-13-14-15-16-17-18-19-20-21-22-23-25-30(7-3,8-4)26-24-29-27(28)6-2;/h6H,2,5,7-26H2,1,3-4H3;1H/q+1;/p-1. The Balaban J connectivity index is 0. The van der Waals surface area contributed by atoms with Gasteiger partial charge in [0.05, 0.1) is 24.6 Å². The highest BCUT2D eigenvalue weighted by Gasteiger charge is 2.32. The molecule has 0 aromatic rings. The summed E-state index contributed by atoms with van der Waals surface area (Å²) in [6.45, 7) is 11.0. The van der Waals surface area contributed by atoms with E-state index in [-0.39, 0.29) is 29.9 Å². The molecule has 0 aliphatic heterocycles. The highest BCUT2D eigenvalue weighted by atomic mass is 127. The first kappa shape index (κ1) is 33.5. The summed E-state index contributed by atoms with van der Waals surface area (Å²) in [6.07, 6.45) is 29.1. The number of carbonyl (C=O) groups is 1. The molecule has 31 heavy (non-hydrogen) atoms. The number of halogens is 1. The summed E-state index contributed by atoms with van der Waals surface area (Å²) >= 11 is 0. The first-order valence-electron chi connectivity index (χ1n) is 13.3. The van der Waals surface area contributed by atoms with E-state index in [9.17, 15) is 4.79 Å². The van der Waals surface area contributed by atoms with Crippen molar-refractivity contribution in [2.24, 2.45) is 0 Å². The third-order valence-electron chi connectivity index (χ3n) is 6.80. The van der Waals surface area contributed by atoms with Crippen LogP contribution >= 0.6 is 7.26 Å². The SMILES string of the molecule is C=CC(=O)OCC[P+](CC)(CC)CCCCCCCCCCCCCCCCCC.[I-]. The Bertz CT molecular complexity index is 397. The lowest BCUT2D eigenvalue weighted by atomic mass is 10.0. The zero-order valence-electron chi connectivity index (χ0n) is 21.3. The van der Waals surface area contributed by atoms with Gasteiger partial charge in [-0.1, -0.05) is 103 Å². The van der Waals surface area contributed by atoms with Gasteiger partial charge in [0.15, 0.2) is 0 Å². The van der Waals surface area contributed by atoms with Gasteiger partial charge >= 0.3 is 5.97 Å². The van der Waals surface area contributed by atoms with E-state index in [0.717, 1.165) is 6.16 Å². The molecule has 0 N–H and O–H groups in total. The zero-order valence-corrected chi connectivity index (χ0v) is 24.3. The molecule has 0 bridgehead atoms. The van der Waals surface area contributed by atoms with Gasteiger partial charge in [0.25, 0.3) is 0 Å². The Hall–Kier alpha value is 0.370. The lowest BCUT2D eigenvalue weighted by Crippen LogP contribution is -3.00. The van der Waals surface area contributed by atoms with E-state index >= 15 is 0 Å². The summed E-state index contributed by atoms with van der Waals surface area (Å²) in [4.78, 5) is 11.3. The summed E-state index contributed by atoms with van der Waals surface area (Å²) in [6, 6.07) is 0. The number of carbonyl (C=O) groups excluding carboxylic acids is 1. The summed E-state index contributed by atoms with van der Waals surface area (Å²) in [5.74, 6) is -0.275. The predicted molar refractivity (Wildman–Crippen MR) is 138 cm³/mol. The van der Waals surface area contributed by atoms with E-state index in [1.807, 2.05) is 0 Å². The molecule has 0 aliphatic carbocycles. The molecule has 0 aromatic heterocycles. The van der Waals surface area contributed by atoms with E-state index in [1.54, 1.807) is 0 Å². The van der Waals surface area contributed by atoms with Crippen LogP contribution in [0.1, 0.15) is 124 Å². The molecule has 4 heteroatoms. The smallest absolute Gasteiger partial charge is 0.330 e. The fourth-order valence-corrected chi connectivity index (χ4v) is 7.67. The fourth-order valence-electron chi connectivity index (χ4n) is 4.36. The van der Waals surface area contributed by atoms with Gasteiger partial charge in [0.2, 0.25) is 0 Å². The third-order valence-corrected chi connectivity index (χ3v) is 11.9. The van der Waals surface area contributed by atoms with Crippen LogP contribution in [0, 0.1) is 0 Å². The Labute approximate surface area is 213 Å². The van der Waals surface area contributed by atoms with E-state index < -0.39 is 7.26 Å². The van der Waals surface area contributed by atoms with E-state index in [2.05, 4.69) is 27.4 Å². The lowest BCUT2D eigenvalue weighted by Gasteiger charge is -2.25. The van der Waals surface area contributed by atoms with Gasteiger partial charge in [0, 0.05) is 13.3 Å². The molecule has 0 saturated heterocycles. The van der Waals surface area contributed by atoms with E-state index in [1.165, 1.54) is 127 Å². The van der Waals surface area contributed by atoms with Crippen LogP contribution in [0.15, 0.2) is 12.7 Å². The van der Waals surface area contributed by atoms with Crippen molar-refractivity contribution in [2.75, 3.05) is 31.3 Å². The van der Waals surface area contributed by atoms with Crippen LogP contribution in [0.4, 0.5) is 0 Å². The largest absolute Gasteiger partial charge is 1.00 e. The number of hydrogen-bond donors (Lipinski definition) is 0. The summed E-state index contributed by atoms with van der Waals surface area (Å²) in [5.41, 5.74) is 0. The summed E-state index contributed by atoms with van der Waals surface area (Å²) in [7, 11) is -0.924. The van der Waals surface area contributed by atoms with Crippen LogP contribution in [0.25, 0.3) is 0 Å². The number of ether oxygens (including phenoxy) is 1. The van der Waals surface area contributed by atoms with Gasteiger partial charge < -0.3 is 28.7 Å². The normalized spacial score (nSPS) is 11.2. The second kappa shape index (κ2) is 25.0. The minimum Gasteiger partial charge on any atom is -1.00 e. The monoisotopic (exact) mass is 568 g/mol. The minimum absolute atomic E-state index is 0. The molecule has 0 aromatic carbocycles. The molecular formula is C27H54IO2P. The molecular weight excluding hydrogens is 514 g/mol. The number of rotatable bonds is 23. The molecule has 0 radical (unpaired) electrons. The van der Waals surface area contributed by atoms with Gasteiger partial charge in [-0.2, -0.15) is 0 Å². The van der Waals surface area contributed by atoms with Crippen molar-refractivity contribution in [1.29, 1.82) is 0 Å². The van der Waals surface area contributed by atoms with Gasteiger partial charge in [-0.3, -0.25) is 0 Å². The van der Waals surface area contributed by atoms with E-state index in [0.29, 0.717) is 6.61 Å². The second-order valence-electron chi connectivity index (χ2n) is 9.10. The molecule has 0 fully saturated rings. The fraction of sp³-hybridized carbons (Fsp3) is 0.889. The maximum atomic E-state index is 11.3. The van der Waals surface area contributed by atoms with Crippen LogP contribution in [0.3, 0.4) is 0 Å². The number of hydrogen-bond acceptors (Lipinski definition) is 2. The maximum Gasteiger partial charge on any atom is 0.330 e. The molecule has 0 aliphatic rings. The highest BCUT2D eigenvalue weighted by Crippen LogP contribution is 2.58. The van der Waals surface area contributed by atoms with Crippen molar-refractivity contribution in [3.05, 3.63) is 12.7 Å². The number of esters is 1. The highest BCUT2D eigenvalue weighted by molar-refractivity contribution is 7.75. The van der Waals surface area contributed by atoms with Crippen LogP contribution in [0.2, 0.25) is 0 Å². The van der Waals surface area contributed by atoms with Crippen molar-refractivity contribution in [3.8, 4) is 0 Å². The molecule has 0 atom stereocenters. The Kier molecular flexibility index (Phi) is 27.1. The number of unbranched alkanes of at least 4 members (excludes halogenated alkanes) is 15. The Morgan fingerprint density at radius 3 is 1.42 bits per heavy atom. The van der Waals surface area contributed by atoms with Crippen LogP contribution in [-0.2, 0) is 9.53 Å². The quantitative estimate of drug-likeness (QED) is 0.0494. The molecule has 2 nitrogen and oxygen atoms in total. The van der Waals surface area contributed by atoms with Gasteiger partial charge in [-0.15, -0.1) is 0 Å². The topological polar surface area (TPSA) is 26.3 Å². The maximum absolute atomic E-state index is 11.3. The first-order chi connectivity index (χ1) is 14.6. The predicted octanol–water partition coefficient (Wildman–Crippen LogP) is 6.04. The molecule has 0 saturated carbocycles.